The Morgan fingerprint density at radius 1 is 1.00 bits per heavy atom. The molecule has 19 heavy (non-hydrogen) atoms. The molecule has 0 amide bonds. The normalized spacial score (nSPS) is 11.9. The van der Waals surface area contributed by atoms with Crippen molar-refractivity contribution in [2.24, 2.45) is 0 Å². The zero-order chi connectivity index (χ0) is 13.7. The Labute approximate surface area is 118 Å². The number of carbonyl (C=O) groups excluding carboxylic acids is 1. The molecular weight excluding hydrogens is 260 g/mol. The van der Waals surface area contributed by atoms with E-state index in [1.165, 1.54) is 28.6 Å². The molecule has 2 nitrogen and oxygen atoms in total. The highest BCUT2D eigenvalue weighted by Gasteiger charge is 2.28. The highest BCUT2D eigenvalue weighted by molar-refractivity contribution is 6.15. The lowest BCUT2D eigenvalue weighted by atomic mass is 9.98. The minimum Gasteiger partial charge on any atom is -0.467 e. The quantitative estimate of drug-likeness (QED) is 0.628. The van der Waals surface area contributed by atoms with E-state index in [4.69, 9.17) is 4.74 Å². The molecule has 0 heterocycles. The second kappa shape index (κ2) is 6.39. The number of hydrogen-bond acceptors (Lipinski definition) is 2. The molecular formula is C16H15ClO2. The van der Waals surface area contributed by atoms with Crippen molar-refractivity contribution in [1.82, 2.24) is 0 Å². The summed E-state index contributed by atoms with van der Waals surface area (Å²) < 4.78 is 4.95. The maximum atomic E-state index is 10.4. The van der Waals surface area contributed by atoms with Gasteiger partial charge >= 0.3 is 0 Å². The zero-order valence-electron chi connectivity index (χ0n) is 10.7. The second-order valence-corrected chi connectivity index (χ2v) is 4.16. The largest absolute Gasteiger partial charge is 0.467 e. The number of alkyl halides is 1. The van der Waals surface area contributed by atoms with Gasteiger partial charge in [-0.05, 0) is 22.3 Å². The summed E-state index contributed by atoms with van der Waals surface area (Å²) in [5, 5.41) is 0. The highest BCUT2D eigenvalue weighted by Crippen LogP contribution is 2.44. The van der Waals surface area contributed by atoms with Gasteiger partial charge in [0, 0.05) is 12.3 Å². The number of ether oxygens (including phenoxy) is 1. The fourth-order valence-corrected chi connectivity index (χ4v) is 2.57. The van der Waals surface area contributed by atoms with Crippen molar-refractivity contribution >= 4 is 18.1 Å². The van der Waals surface area contributed by atoms with Gasteiger partial charge in [0.1, 0.15) is 6.61 Å². The van der Waals surface area contributed by atoms with Crippen molar-refractivity contribution in [1.29, 1.82) is 0 Å². The Morgan fingerprint density at radius 2 is 1.47 bits per heavy atom. The van der Waals surface area contributed by atoms with Crippen LogP contribution in [0.3, 0.4) is 0 Å². The van der Waals surface area contributed by atoms with Crippen LogP contribution < -0.4 is 0 Å². The Hall–Kier alpha value is -1.80. The van der Waals surface area contributed by atoms with Crippen LogP contribution in [0.2, 0.25) is 0 Å². The van der Waals surface area contributed by atoms with E-state index in [0.29, 0.717) is 13.1 Å². The third-order valence-electron chi connectivity index (χ3n) is 3.29. The average molecular weight is 275 g/mol. The maximum absolute atomic E-state index is 10.4. The molecule has 0 spiro atoms. The van der Waals surface area contributed by atoms with Crippen molar-refractivity contribution < 1.29 is 9.53 Å². The van der Waals surface area contributed by atoms with E-state index in [2.05, 4.69) is 35.9 Å². The van der Waals surface area contributed by atoms with Crippen LogP contribution in [-0.2, 0) is 9.53 Å². The summed E-state index contributed by atoms with van der Waals surface area (Å²) in [4.78, 5) is 10.4. The lowest BCUT2D eigenvalue weighted by molar-refractivity contribution is -0.128. The first-order valence-corrected chi connectivity index (χ1v) is 6.78. The van der Waals surface area contributed by atoms with Crippen LogP contribution in [-0.4, -0.2) is 19.5 Å². The Balaban J connectivity index is 0.000000637. The molecule has 0 atom stereocenters. The third-order valence-corrected chi connectivity index (χ3v) is 3.29. The molecule has 0 bridgehead atoms. The molecule has 0 saturated carbocycles. The zero-order valence-corrected chi connectivity index (χ0v) is 11.4. The highest BCUT2D eigenvalue weighted by atomic mass is 35.5. The molecule has 1 aliphatic carbocycles. The number of halogens is 1. The Kier molecular flexibility index (Phi) is 4.58. The molecule has 0 unspecified atom stereocenters. The Morgan fingerprint density at radius 3 is 1.95 bits per heavy atom. The number of fused-ring (bicyclic) bond motifs is 3. The molecule has 2 aromatic carbocycles. The monoisotopic (exact) mass is 274 g/mol. The van der Waals surface area contributed by atoms with Gasteiger partial charge in [-0.15, -0.1) is 11.6 Å². The van der Waals surface area contributed by atoms with Crippen molar-refractivity contribution in [3.05, 3.63) is 59.7 Å². The van der Waals surface area contributed by atoms with E-state index < -0.39 is 0 Å². The summed E-state index contributed by atoms with van der Waals surface area (Å²) in [6.07, 6.45) is 1.47. The van der Waals surface area contributed by atoms with Gasteiger partial charge in [-0.3, -0.25) is 4.79 Å². The Bertz CT molecular complexity index is 521. The van der Waals surface area contributed by atoms with Gasteiger partial charge < -0.3 is 4.74 Å². The molecule has 3 rings (SSSR count). The van der Waals surface area contributed by atoms with Crippen molar-refractivity contribution in [3.63, 3.8) is 0 Å². The minimum atomic E-state index is 0.174. The van der Waals surface area contributed by atoms with Crippen LogP contribution in [0.4, 0.5) is 0 Å². The molecule has 0 radical (unpaired) electrons. The summed E-state index contributed by atoms with van der Waals surface area (Å²) in [5.74, 6) is 0.174. The molecule has 0 fully saturated rings. The fraction of sp³-hybridized carbons (Fsp3) is 0.188. The van der Waals surface area contributed by atoms with E-state index in [1.807, 2.05) is 24.3 Å². The van der Waals surface area contributed by atoms with Crippen LogP contribution >= 0.6 is 11.6 Å². The SMILES string of the molecule is CCl.O=COCC1c2ccccc2-c2ccccc21. The first-order valence-electron chi connectivity index (χ1n) is 6.03. The van der Waals surface area contributed by atoms with Gasteiger partial charge in [0.05, 0.1) is 0 Å². The number of rotatable bonds is 3. The van der Waals surface area contributed by atoms with Gasteiger partial charge in [-0.1, -0.05) is 48.5 Å². The summed E-state index contributed by atoms with van der Waals surface area (Å²) in [6.45, 7) is 0.932. The molecule has 0 aromatic heterocycles. The number of carbonyl (C=O) groups is 1. The van der Waals surface area contributed by atoms with Gasteiger partial charge in [-0.25, -0.2) is 0 Å². The summed E-state index contributed by atoms with van der Waals surface area (Å²) in [7, 11) is 0. The molecule has 0 aliphatic heterocycles. The molecule has 2 aromatic rings. The summed E-state index contributed by atoms with van der Waals surface area (Å²) >= 11 is 4.64. The van der Waals surface area contributed by atoms with E-state index in [0.717, 1.165) is 0 Å². The predicted molar refractivity (Wildman–Crippen MR) is 77.5 cm³/mol. The van der Waals surface area contributed by atoms with Gasteiger partial charge in [0.2, 0.25) is 0 Å². The molecule has 0 N–H and O–H groups in total. The van der Waals surface area contributed by atoms with E-state index >= 15 is 0 Å². The molecule has 98 valence electrons. The third kappa shape index (κ3) is 2.49. The average Bonchev–Trinajstić information content (AvgIpc) is 2.82. The number of hydrogen-bond donors (Lipinski definition) is 0. The summed E-state index contributed by atoms with van der Waals surface area (Å²) in [6, 6.07) is 16.6. The standard InChI is InChI=1S/C15H12O2.CH3Cl/c16-10-17-9-15-13-7-3-1-5-11(13)12-6-2-4-8-14(12)15;1-2/h1-8,10,15H,9H2;1H3. The van der Waals surface area contributed by atoms with Crippen LogP contribution in [0, 0.1) is 0 Å². The lowest BCUT2D eigenvalue weighted by Crippen LogP contribution is -2.05. The lowest BCUT2D eigenvalue weighted by Gasteiger charge is -2.11. The van der Waals surface area contributed by atoms with Crippen molar-refractivity contribution in [3.8, 4) is 11.1 Å². The topological polar surface area (TPSA) is 26.3 Å². The fourth-order valence-electron chi connectivity index (χ4n) is 2.57. The van der Waals surface area contributed by atoms with E-state index in [1.54, 1.807) is 0 Å². The van der Waals surface area contributed by atoms with Gasteiger partial charge in [-0.2, -0.15) is 0 Å². The first-order chi connectivity index (χ1) is 9.42. The second-order valence-electron chi connectivity index (χ2n) is 4.16. The summed E-state index contributed by atoms with van der Waals surface area (Å²) in [5.41, 5.74) is 5.00. The predicted octanol–water partition coefficient (Wildman–Crippen LogP) is 3.83. The smallest absolute Gasteiger partial charge is 0.293 e. The van der Waals surface area contributed by atoms with Crippen LogP contribution in [0.1, 0.15) is 17.0 Å². The van der Waals surface area contributed by atoms with E-state index in [-0.39, 0.29) is 5.92 Å². The van der Waals surface area contributed by atoms with Gasteiger partial charge in [0.25, 0.3) is 6.47 Å². The number of benzene rings is 2. The van der Waals surface area contributed by atoms with E-state index in [9.17, 15) is 4.79 Å². The van der Waals surface area contributed by atoms with Crippen LogP contribution in [0.15, 0.2) is 48.5 Å². The van der Waals surface area contributed by atoms with Crippen molar-refractivity contribution in [2.45, 2.75) is 5.92 Å². The van der Waals surface area contributed by atoms with Crippen molar-refractivity contribution in [2.75, 3.05) is 13.0 Å². The van der Waals surface area contributed by atoms with Crippen LogP contribution in [0.5, 0.6) is 0 Å². The molecule has 0 saturated heterocycles. The minimum absolute atomic E-state index is 0.174. The first kappa shape index (κ1) is 13.6. The van der Waals surface area contributed by atoms with Crippen LogP contribution in [0.25, 0.3) is 11.1 Å². The molecule has 3 heteroatoms. The van der Waals surface area contributed by atoms with Gasteiger partial charge in [0.15, 0.2) is 0 Å². The molecule has 1 aliphatic rings. The maximum Gasteiger partial charge on any atom is 0.293 e.